The summed E-state index contributed by atoms with van der Waals surface area (Å²) in [6.07, 6.45) is 2.80. The van der Waals surface area contributed by atoms with E-state index >= 15 is 0 Å². The molecule has 0 aromatic carbocycles. The van der Waals surface area contributed by atoms with Crippen LogP contribution in [-0.4, -0.2) is 4.98 Å². The van der Waals surface area contributed by atoms with Crippen molar-refractivity contribution in [3.05, 3.63) is 29.6 Å². The molecule has 0 bridgehead atoms. The fourth-order valence-electron chi connectivity index (χ4n) is 1.07. The van der Waals surface area contributed by atoms with Crippen molar-refractivity contribution in [3.63, 3.8) is 0 Å². The largest absolute Gasteiger partial charge is 0.276 e. The Morgan fingerprint density at radius 2 is 1.73 bits per heavy atom. The van der Waals surface area contributed by atoms with Gasteiger partial charge in [-0.3, -0.25) is 4.98 Å². The molecule has 1 heterocycles. The lowest BCUT2D eigenvalue weighted by atomic mass is 9.98. The van der Waals surface area contributed by atoms with Crippen LogP contribution in [0.2, 0.25) is 0 Å². The van der Waals surface area contributed by atoms with Crippen molar-refractivity contribution in [2.75, 3.05) is 0 Å². The first-order chi connectivity index (χ1) is 6.94. The third kappa shape index (κ3) is 3.57. The smallest absolute Gasteiger partial charge is 0.264 e. The van der Waals surface area contributed by atoms with Crippen LogP contribution in [0.3, 0.4) is 0 Å². The summed E-state index contributed by atoms with van der Waals surface area (Å²) in [6, 6.07) is 1.48. The zero-order chi connectivity index (χ0) is 12.1. The summed E-state index contributed by atoms with van der Waals surface area (Å²) in [5.41, 5.74) is 0.764. The molecule has 1 rings (SSSR count). The van der Waals surface area contributed by atoms with E-state index in [1.165, 1.54) is 26.1 Å². The fraction of sp³-hybridized carbons (Fsp3) is 0.583. The van der Waals surface area contributed by atoms with E-state index in [1.807, 2.05) is 13.8 Å². The highest BCUT2D eigenvalue weighted by molar-refractivity contribution is 5.21. The van der Waals surface area contributed by atoms with Crippen LogP contribution >= 0.6 is 0 Å². The number of halogens is 2. The second kappa shape index (κ2) is 5.79. The molecule has 0 aliphatic rings. The Labute approximate surface area is 90.5 Å². The minimum Gasteiger partial charge on any atom is -0.264 e. The van der Waals surface area contributed by atoms with Crippen LogP contribution < -0.4 is 0 Å². The van der Waals surface area contributed by atoms with Gasteiger partial charge in [-0.1, -0.05) is 27.7 Å². The lowest BCUT2D eigenvalue weighted by Crippen LogP contribution is -2.21. The molecule has 1 aromatic rings. The normalized spacial score (nSPS) is 10.9. The van der Waals surface area contributed by atoms with Gasteiger partial charge in [-0.25, -0.2) is 8.78 Å². The van der Waals surface area contributed by atoms with E-state index in [2.05, 4.69) is 4.98 Å². The lowest BCUT2D eigenvalue weighted by molar-refractivity contribution is -0.0517. The Kier molecular flexibility index (Phi) is 5.40. The average Bonchev–Trinajstić information content (AvgIpc) is 2.20. The van der Waals surface area contributed by atoms with Gasteiger partial charge in [-0.05, 0) is 18.6 Å². The van der Waals surface area contributed by atoms with Gasteiger partial charge in [0, 0.05) is 23.9 Å². The molecule has 3 heteroatoms. The van der Waals surface area contributed by atoms with Crippen LogP contribution in [0.25, 0.3) is 0 Å². The SMILES string of the molecule is CC.Cc1cncc(C(F)(F)C(C)C)c1. The molecule has 0 N–H and O–H groups in total. The van der Waals surface area contributed by atoms with Crippen molar-refractivity contribution in [3.8, 4) is 0 Å². The Morgan fingerprint density at radius 3 is 2.13 bits per heavy atom. The highest BCUT2D eigenvalue weighted by Crippen LogP contribution is 2.35. The van der Waals surface area contributed by atoms with E-state index < -0.39 is 11.8 Å². The van der Waals surface area contributed by atoms with Crippen LogP contribution in [0.4, 0.5) is 8.78 Å². The lowest BCUT2D eigenvalue weighted by Gasteiger charge is -2.20. The van der Waals surface area contributed by atoms with Crippen LogP contribution in [0.1, 0.15) is 38.8 Å². The predicted octanol–water partition coefficient (Wildman–Crippen LogP) is 4.16. The Bertz CT molecular complexity index is 295. The second-order valence-corrected chi connectivity index (χ2v) is 3.53. The maximum absolute atomic E-state index is 13.4. The molecular weight excluding hydrogens is 196 g/mol. The van der Waals surface area contributed by atoms with Gasteiger partial charge in [0.25, 0.3) is 5.92 Å². The summed E-state index contributed by atoms with van der Waals surface area (Å²) in [5, 5.41) is 0. The second-order valence-electron chi connectivity index (χ2n) is 3.53. The topological polar surface area (TPSA) is 12.9 Å². The van der Waals surface area contributed by atoms with E-state index in [-0.39, 0.29) is 5.56 Å². The average molecular weight is 215 g/mol. The number of hydrogen-bond donors (Lipinski definition) is 0. The summed E-state index contributed by atoms with van der Waals surface area (Å²) in [6.45, 7) is 8.76. The molecule has 0 fully saturated rings. The molecule has 0 radical (unpaired) electrons. The fourth-order valence-corrected chi connectivity index (χ4v) is 1.07. The van der Waals surface area contributed by atoms with Crippen molar-refractivity contribution in [1.82, 2.24) is 4.98 Å². The molecule has 0 unspecified atom stereocenters. The van der Waals surface area contributed by atoms with Gasteiger partial charge >= 0.3 is 0 Å². The summed E-state index contributed by atoms with van der Waals surface area (Å²) in [5.74, 6) is -3.48. The van der Waals surface area contributed by atoms with Crippen molar-refractivity contribution < 1.29 is 8.78 Å². The number of alkyl halides is 2. The van der Waals surface area contributed by atoms with E-state index in [0.29, 0.717) is 0 Å². The Balaban J connectivity index is 0.000000921. The molecule has 15 heavy (non-hydrogen) atoms. The van der Waals surface area contributed by atoms with E-state index in [1.54, 1.807) is 13.1 Å². The van der Waals surface area contributed by atoms with Crippen molar-refractivity contribution in [2.24, 2.45) is 5.92 Å². The number of hydrogen-bond acceptors (Lipinski definition) is 1. The van der Waals surface area contributed by atoms with Gasteiger partial charge in [-0.2, -0.15) is 0 Å². The summed E-state index contributed by atoms with van der Waals surface area (Å²) in [7, 11) is 0. The van der Waals surface area contributed by atoms with Crippen molar-refractivity contribution in [1.29, 1.82) is 0 Å². The van der Waals surface area contributed by atoms with Gasteiger partial charge in [0.1, 0.15) is 0 Å². The maximum Gasteiger partial charge on any atom is 0.276 e. The van der Waals surface area contributed by atoms with Crippen molar-refractivity contribution >= 4 is 0 Å². The highest BCUT2D eigenvalue weighted by atomic mass is 19.3. The minimum atomic E-state index is -2.78. The number of pyridine rings is 1. The third-order valence-corrected chi connectivity index (χ3v) is 1.98. The summed E-state index contributed by atoms with van der Waals surface area (Å²) in [4.78, 5) is 3.75. The zero-order valence-electron chi connectivity index (χ0n) is 10.0. The summed E-state index contributed by atoms with van der Waals surface area (Å²) < 4.78 is 26.8. The Hall–Kier alpha value is -0.990. The zero-order valence-corrected chi connectivity index (χ0v) is 10.0. The molecule has 0 saturated heterocycles. The standard InChI is InChI=1S/C10H13F2N.C2H6/c1-7(2)10(11,12)9-4-8(3)5-13-6-9;1-2/h4-7H,1-3H3;1-2H3. The molecule has 0 atom stereocenters. The van der Waals surface area contributed by atoms with E-state index in [0.717, 1.165) is 5.56 Å². The van der Waals surface area contributed by atoms with E-state index in [4.69, 9.17) is 0 Å². The molecule has 1 nitrogen and oxygen atoms in total. The molecule has 0 saturated carbocycles. The first-order valence-corrected chi connectivity index (χ1v) is 5.24. The molecular formula is C12H19F2N. The summed E-state index contributed by atoms with van der Waals surface area (Å²) >= 11 is 0. The van der Waals surface area contributed by atoms with Crippen LogP contribution in [0.5, 0.6) is 0 Å². The first-order valence-electron chi connectivity index (χ1n) is 5.24. The molecule has 0 amide bonds. The minimum absolute atomic E-state index is 0.00231. The molecule has 0 aliphatic heterocycles. The number of aromatic nitrogens is 1. The van der Waals surface area contributed by atoms with E-state index in [9.17, 15) is 8.78 Å². The molecule has 0 spiro atoms. The van der Waals surface area contributed by atoms with Crippen LogP contribution in [0.15, 0.2) is 18.5 Å². The van der Waals surface area contributed by atoms with Gasteiger partial charge in [-0.15, -0.1) is 0 Å². The molecule has 0 aliphatic carbocycles. The van der Waals surface area contributed by atoms with Crippen LogP contribution in [-0.2, 0) is 5.92 Å². The highest BCUT2D eigenvalue weighted by Gasteiger charge is 2.35. The number of aryl methyl sites for hydroxylation is 1. The number of rotatable bonds is 2. The molecule has 1 aromatic heterocycles. The van der Waals surface area contributed by atoms with Gasteiger partial charge < -0.3 is 0 Å². The quantitative estimate of drug-likeness (QED) is 0.721. The van der Waals surface area contributed by atoms with Crippen molar-refractivity contribution in [2.45, 2.75) is 40.5 Å². The maximum atomic E-state index is 13.4. The van der Waals surface area contributed by atoms with Crippen LogP contribution in [0, 0.1) is 12.8 Å². The predicted molar refractivity (Wildman–Crippen MR) is 59.1 cm³/mol. The third-order valence-electron chi connectivity index (χ3n) is 1.98. The Morgan fingerprint density at radius 1 is 1.20 bits per heavy atom. The van der Waals surface area contributed by atoms with Gasteiger partial charge in [0.2, 0.25) is 0 Å². The molecule has 86 valence electrons. The first kappa shape index (κ1) is 14.0. The number of nitrogens with zero attached hydrogens (tertiary/aromatic N) is 1. The van der Waals surface area contributed by atoms with Gasteiger partial charge in [0.15, 0.2) is 0 Å². The van der Waals surface area contributed by atoms with Gasteiger partial charge in [0.05, 0.1) is 0 Å². The monoisotopic (exact) mass is 215 g/mol.